The lowest BCUT2D eigenvalue weighted by Crippen LogP contribution is -2.26. The normalized spacial score (nSPS) is 25.5. The third-order valence-electron chi connectivity index (χ3n) is 2.71. The van der Waals surface area contributed by atoms with Crippen molar-refractivity contribution < 1.29 is 0 Å². The molecule has 0 aromatic carbocycles. The molecule has 15 heavy (non-hydrogen) atoms. The molecule has 1 fully saturated rings. The van der Waals surface area contributed by atoms with Crippen LogP contribution in [-0.2, 0) is 0 Å². The third-order valence-corrected chi connectivity index (χ3v) is 4.45. The van der Waals surface area contributed by atoms with Crippen LogP contribution in [0.5, 0.6) is 0 Å². The molecule has 0 saturated carbocycles. The Balaban J connectivity index is 2.13. The molecule has 1 N–H and O–H groups in total. The highest BCUT2D eigenvalue weighted by Gasteiger charge is 2.24. The highest BCUT2D eigenvalue weighted by atomic mass is 35.5. The Labute approximate surface area is 99.0 Å². The zero-order valence-corrected chi connectivity index (χ0v) is 10.4. The summed E-state index contributed by atoms with van der Waals surface area (Å²) in [5, 5.41) is 3.98. The van der Waals surface area contributed by atoms with Crippen LogP contribution in [0.15, 0.2) is 6.33 Å². The topological polar surface area (TPSA) is 37.8 Å². The molecule has 0 bridgehead atoms. The minimum Gasteiger partial charge on any atom is -0.366 e. The second-order valence-electron chi connectivity index (χ2n) is 3.90. The summed E-state index contributed by atoms with van der Waals surface area (Å²) in [4.78, 5) is 8.16. The van der Waals surface area contributed by atoms with Gasteiger partial charge in [0.25, 0.3) is 0 Å². The number of aromatic nitrogens is 2. The van der Waals surface area contributed by atoms with Gasteiger partial charge >= 0.3 is 0 Å². The van der Waals surface area contributed by atoms with Crippen molar-refractivity contribution in [2.45, 2.75) is 19.9 Å². The first-order chi connectivity index (χ1) is 7.18. The molecular weight excluding hydrogens is 230 g/mol. The van der Waals surface area contributed by atoms with Gasteiger partial charge < -0.3 is 5.32 Å². The maximum atomic E-state index is 5.94. The van der Waals surface area contributed by atoms with Gasteiger partial charge in [0.1, 0.15) is 17.3 Å². The van der Waals surface area contributed by atoms with E-state index >= 15 is 0 Å². The van der Waals surface area contributed by atoms with Crippen LogP contribution in [0.1, 0.15) is 12.5 Å². The van der Waals surface area contributed by atoms with Crippen LogP contribution in [0.3, 0.4) is 0 Å². The quantitative estimate of drug-likeness (QED) is 0.811. The standard InChI is InChI=1S/C10H14ClN3S/c1-6-3-15-4-8(6)14-10-7(2)9(11)12-5-13-10/h5-6,8H,3-4H2,1-2H3,(H,12,13,14). The van der Waals surface area contributed by atoms with Crippen molar-refractivity contribution in [3.63, 3.8) is 0 Å². The van der Waals surface area contributed by atoms with Gasteiger partial charge in [-0.15, -0.1) is 0 Å². The first-order valence-electron chi connectivity index (χ1n) is 5.00. The lowest BCUT2D eigenvalue weighted by Gasteiger charge is -2.18. The van der Waals surface area contributed by atoms with Crippen molar-refractivity contribution in [3.8, 4) is 0 Å². The van der Waals surface area contributed by atoms with Crippen LogP contribution in [0, 0.1) is 12.8 Å². The molecule has 0 radical (unpaired) electrons. The number of hydrogen-bond donors (Lipinski definition) is 1. The number of rotatable bonds is 2. The zero-order chi connectivity index (χ0) is 10.8. The van der Waals surface area contributed by atoms with Crippen LogP contribution in [-0.4, -0.2) is 27.5 Å². The molecule has 5 heteroatoms. The summed E-state index contributed by atoms with van der Waals surface area (Å²) < 4.78 is 0. The van der Waals surface area contributed by atoms with Gasteiger partial charge in [-0.1, -0.05) is 18.5 Å². The number of nitrogens with zero attached hydrogens (tertiary/aromatic N) is 2. The van der Waals surface area contributed by atoms with E-state index in [2.05, 4.69) is 22.2 Å². The fourth-order valence-corrected chi connectivity index (χ4v) is 3.13. The molecule has 1 aliphatic heterocycles. The van der Waals surface area contributed by atoms with Crippen molar-refractivity contribution >= 4 is 29.2 Å². The molecule has 2 atom stereocenters. The van der Waals surface area contributed by atoms with E-state index in [1.807, 2.05) is 18.7 Å². The van der Waals surface area contributed by atoms with Crippen LogP contribution >= 0.6 is 23.4 Å². The number of thioether (sulfide) groups is 1. The molecule has 0 amide bonds. The Kier molecular flexibility index (Phi) is 3.36. The monoisotopic (exact) mass is 243 g/mol. The van der Waals surface area contributed by atoms with Gasteiger partial charge in [-0.25, -0.2) is 9.97 Å². The Morgan fingerprint density at radius 1 is 1.47 bits per heavy atom. The minimum absolute atomic E-state index is 0.500. The molecule has 2 heterocycles. The van der Waals surface area contributed by atoms with Crippen molar-refractivity contribution in [2.75, 3.05) is 16.8 Å². The van der Waals surface area contributed by atoms with Gasteiger partial charge in [0.15, 0.2) is 0 Å². The third kappa shape index (κ3) is 2.37. The molecule has 0 aliphatic carbocycles. The van der Waals surface area contributed by atoms with Crippen molar-refractivity contribution in [1.82, 2.24) is 9.97 Å². The van der Waals surface area contributed by atoms with E-state index in [0.717, 1.165) is 17.1 Å². The van der Waals surface area contributed by atoms with E-state index in [1.54, 1.807) is 0 Å². The van der Waals surface area contributed by atoms with Gasteiger partial charge in [-0.05, 0) is 18.6 Å². The van der Waals surface area contributed by atoms with Crippen LogP contribution in [0.25, 0.3) is 0 Å². The Morgan fingerprint density at radius 2 is 2.27 bits per heavy atom. The molecule has 1 aliphatic rings. The second-order valence-corrected chi connectivity index (χ2v) is 5.34. The molecular formula is C10H14ClN3S. The average Bonchev–Trinajstić information content (AvgIpc) is 2.60. The van der Waals surface area contributed by atoms with E-state index in [1.165, 1.54) is 12.1 Å². The van der Waals surface area contributed by atoms with Crippen LogP contribution < -0.4 is 5.32 Å². The fraction of sp³-hybridized carbons (Fsp3) is 0.600. The van der Waals surface area contributed by atoms with Crippen LogP contribution in [0.4, 0.5) is 5.82 Å². The van der Waals surface area contributed by atoms with Gasteiger partial charge in [0.2, 0.25) is 0 Å². The van der Waals surface area contributed by atoms with Crippen molar-refractivity contribution in [3.05, 3.63) is 17.0 Å². The lowest BCUT2D eigenvalue weighted by atomic mass is 10.1. The highest BCUT2D eigenvalue weighted by molar-refractivity contribution is 7.99. The van der Waals surface area contributed by atoms with E-state index in [4.69, 9.17) is 11.6 Å². The summed E-state index contributed by atoms with van der Waals surface area (Å²) >= 11 is 7.92. The van der Waals surface area contributed by atoms with Gasteiger partial charge in [0, 0.05) is 17.4 Å². The smallest absolute Gasteiger partial charge is 0.137 e. The van der Waals surface area contributed by atoms with E-state index in [0.29, 0.717) is 17.1 Å². The van der Waals surface area contributed by atoms with E-state index in [9.17, 15) is 0 Å². The summed E-state index contributed by atoms with van der Waals surface area (Å²) in [6, 6.07) is 0.500. The Hall–Kier alpha value is -0.480. The summed E-state index contributed by atoms with van der Waals surface area (Å²) in [7, 11) is 0. The number of nitrogens with one attached hydrogen (secondary N) is 1. The summed E-state index contributed by atoms with van der Waals surface area (Å²) in [6.07, 6.45) is 1.50. The molecule has 1 aromatic heterocycles. The predicted octanol–water partition coefficient (Wildman–Crippen LogP) is 2.60. The van der Waals surface area contributed by atoms with Gasteiger partial charge in [-0.3, -0.25) is 0 Å². The van der Waals surface area contributed by atoms with E-state index < -0.39 is 0 Å². The zero-order valence-electron chi connectivity index (χ0n) is 8.83. The van der Waals surface area contributed by atoms with Crippen molar-refractivity contribution in [1.29, 1.82) is 0 Å². The summed E-state index contributed by atoms with van der Waals surface area (Å²) in [5.74, 6) is 3.91. The SMILES string of the molecule is Cc1c(Cl)ncnc1NC1CSCC1C. The Bertz CT molecular complexity index is 359. The molecule has 3 nitrogen and oxygen atoms in total. The molecule has 2 rings (SSSR count). The maximum Gasteiger partial charge on any atom is 0.137 e. The second kappa shape index (κ2) is 4.58. The number of anilines is 1. The predicted molar refractivity (Wildman–Crippen MR) is 65.7 cm³/mol. The Morgan fingerprint density at radius 3 is 2.93 bits per heavy atom. The highest BCUT2D eigenvalue weighted by Crippen LogP contribution is 2.27. The summed E-state index contributed by atoms with van der Waals surface area (Å²) in [6.45, 7) is 4.20. The minimum atomic E-state index is 0.500. The van der Waals surface area contributed by atoms with Gasteiger partial charge in [-0.2, -0.15) is 11.8 Å². The first kappa shape index (κ1) is 11.0. The first-order valence-corrected chi connectivity index (χ1v) is 6.53. The van der Waals surface area contributed by atoms with Gasteiger partial charge in [0.05, 0.1) is 0 Å². The molecule has 82 valence electrons. The molecule has 2 unspecified atom stereocenters. The maximum absolute atomic E-state index is 5.94. The average molecular weight is 244 g/mol. The summed E-state index contributed by atoms with van der Waals surface area (Å²) in [5.41, 5.74) is 0.934. The number of hydrogen-bond acceptors (Lipinski definition) is 4. The molecule has 0 spiro atoms. The lowest BCUT2D eigenvalue weighted by molar-refractivity contribution is 0.596. The van der Waals surface area contributed by atoms with E-state index in [-0.39, 0.29) is 0 Å². The molecule has 1 aromatic rings. The number of halogens is 1. The van der Waals surface area contributed by atoms with Crippen molar-refractivity contribution in [2.24, 2.45) is 5.92 Å². The largest absolute Gasteiger partial charge is 0.366 e. The molecule has 1 saturated heterocycles. The van der Waals surface area contributed by atoms with Crippen LogP contribution in [0.2, 0.25) is 5.15 Å². The fourth-order valence-electron chi connectivity index (χ4n) is 1.60.